The Morgan fingerprint density at radius 3 is 2.40 bits per heavy atom. The summed E-state index contributed by atoms with van der Waals surface area (Å²) in [4.78, 5) is 11.5. The molecule has 2 nitrogen and oxygen atoms in total. The Morgan fingerprint density at radius 1 is 1.27 bits per heavy atom. The summed E-state index contributed by atoms with van der Waals surface area (Å²) in [5.74, 6) is -0.0549. The Hall–Kier alpha value is 0.370. The number of hydrogen-bond donors (Lipinski definition) is 1. The standard InChI is InChI=1S/C10H8BrI2NO/c11-9(13)8(12)10(15)14-6-7-4-2-1-3-5-7/h1-5H,6H2,(H,14,15). The second-order valence-corrected chi connectivity index (χ2v) is 7.18. The SMILES string of the molecule is O=C(NCc1ccccc1)C(I)=C(Br)I. The summed E-state index contributed by atoms with van der Waals surface area (Å²) in [5.41, 5.74) is 1.10. The van der Waals surface area contributed by atoms with Crippen LogP contribution >= 0.6 is 61.1 Å². The van der Waals surface area contributed by atoms with Crippen LogP contribution in [0.4, 0.5) is 0 Å². The average molecular weight is 492 g/mol. The fourth-order valence-electron chi connectivity index (χ4n) is 0.942. The van der Waals surface area contributed by atoms with E-state index >= 15 is 0 Å². The first-order valence-corrected chi connectivity index (χ1v) is 7.09. The lowest BCUT2D eigenvalue weighted by Crippen LogP contribution is -2.22. The van der Waals surface area contributed by atoms with Crippen LogP contribution in [0.15, 0.2) is 36.4 Å². The van der Waals surface area contributed by atoms with Gasteiger partial charge in [0.1, 0.15) is 0 Å². The minimum Gasteiger partial charge on any atom is -0.348 e. The van der Waals surface area contributed by atoms with Crippen LogP contribution in [0.5, 0.6) is 0 Å². The zero-order valence-corrected chi connectivity index (χ0v) is 13.5. The lowest BCUT2D eigenvalue weighted by Gasteiger charge is -2.04. The Balaban J connectivity index is 2.52. The smallest absolute Gasteiger partial charge is 0.259 e. The second kappa shape index (κ2) is 6.85. The number of carbonyl (C=O) groups is 1. The van der Waals surface area contributed by atoms with Gasteiger partial charge in [-0.3, -0.25) is 4.79 Å². The van der Waals surface area contributed by atoms with Gasteiger partial charge in [-0.25, -0.2) is 0 Å². The molecule has 1 amide bonds. The summed E-state index contributed by atoms with van der Waals surface area (Å²) >= 11 is 7.34. The molecule has 0 spiro atoms. The predicted octanol–water partition coefficient (Wildman–Crippen LogP) is 3.74. The zero-order chi connectivity index (χ0) is 11.3. The fourth-order valence-corrected chi connectivity index (χ4v) is 1.56. The highest BCUT2D eigenvalue weighted by molar-refractivity contribution is 14.1. The molecule has 0 saturated heterocycles. The van der Waals surface area contributed by atoms with E-state index in [1.807, 2.05) is 52.9 Å². The molecule has 0 aromatic heterocycles. The van der Waals surface area contributed by atoms with Gasteiger partial charge in [0.05, 0.1) is 6.07 Å². The van der Waals surface area contributed by atoms with Crippen molar-refractivity contribution in [1.29, 1.82) is 0 Å². The van der Waals surface area contributed by atoms with Gasteiger partial charge in [0.25, 0.3) is 5.91 Å². The molecule has 15 heavy (non-hydrogen) atoms. The van der Waals surface area contributed by atoms with Crippen LogP contribution < -0.4 is 5.32 Å². The highest BCUT2D eigenvalue weighted by Gasteiger charge is 2.08. The van der Waals surface area contributed by atoms with Crippen LogP contribution in [-0.4, -0.2) is 5.91 Å². The fraction of sp³-hybridized carbons (Fsp3) is 0.100. The van der Waals surface area contributed by atoms with E-state index in [0.717, 1.165) is 8.05 Å². The maximum atomic E-state index is 11.5. The third kappa shape index (κ3) is 4.81. The molecule has 1 aromatic carbocycles. The molecule has 1 N–H and O–H groups in total. The molecule has 0 heterocycles. The maximum Gasteiger partial charge on any atom is 0.259 e. The Morgan fingerprint density at radius 2 is 1.87 bits per heavy atom. The molecule has 1 rings (SSSR count). The summed E-state index contributed by atoms with van der Waals surface area (Å²) in [6, 6.07) is 9.83. The number of benzene rings is 1. The molecule has 0 aliphatic carbocycles. The van der Waals surface area contributed by atoms with Crippen molar-refractivity contribution in [3.63, 3.8) is 0 Å². The second-order valence-electron chi connectivity index (χ2n) is 2.74. The number of nitrogens with one attached hydrogen (secondary N) is 1. The van der Waals surface area contributed by atoms with Gasteiger partial charge in [-0.2, -0.15) is 0 Å². The number of amides is 1. The van der Waals surface area contributed by atoms with Crippen molar-refractivity contribution in [1.82, 2.24) is 5.32 Å². The lowest BCUT2D eigenvalue weighted by molar-refractivity contribution is -0.116. The number of carbonyl (C=O) groups excluding carboxylic acids is 1. The molecule has 5 heteroatoms. The maximum absolute atomic E-state index is 11.5. The molecular weight excluding hydrogens is 484 g/mol. The van der Waals surface area contributed by atoms with Crippen LogP contribution in [0, 0.1) is 0 Å². The average Bonchev–Trinajstić information content (AvgIpc) is 2.26. The number of rotatable bonds is 3. The summed E-state index contributed by atoms with van der Waals surface area (Å²) in [5, 5.41) is 2.84. The van der Waals surface area contributed by atoms with Gasteiger partial charge in [0, 0.05) is 6.54 Å². The van der Waals surface area contributed by atoms with Crippen LogP contribution in [0.25, 0.3) is 0 Å². The lowest BCUT2D eigenvalue weighted by atomic mass is 10.2. The molecule has 0 fully saturated rings. The molecule has 0 aliphatic heterocycles. The summed E-state index contributed by atoms with van der Waals surface area (Å²) in [6.07, 6.45) is 0. The van der Waals surface area contributed by atoms with Crippen molar-refractivity contribution in [3.05, 3.63) is 42.0 Å². The Labute approximate surface area is 124 Å². The predicted molar refractivity (Wildman–Crippen MR) is 82.3 cm³/mol. The van der Waals surface area contributed by atoms with Crippen molar-refractivity contribution in [2.24, 2.45) is 0 Å². The Kier molecular flexibility index (Phi) is 6.13. The van der Waals surface area contributed by atoms with Crippen molar-refractivity contribution >= 4 is 67.0 Å². The largest absolute Gasteiger partial charge is 0.348 e. The molecule has 0 atom stereocenters. The third-order valence-corrected chi connectivity index (χ3v) is 5.40. The van der Waals surface area contributed by atoms with Gasteiger partial charge in [0.15, 0.2) is 0 Å². The minimum absolute atomic E-state index is 0.0549. The zero-order valence-electron chi connectivity index (χ0n) is 7.64. The third-order valence-electron chi connectivity index (χ3n) is 1.66. The quantitative estimate of drug-likeness (QED) is 0.506. The van der Waals surface area contributed by atoms with E-state index in [1.165, 1.54) is 0 Å². The molecular formula is C10H8BrI2NO. The van der Waals surface area contributed by atoms with E-state index in [0.29, 0.717) is 10.1 Å². The highest BCUT2D eigenvalue weighted by atomic mass is 127. The van der Waals surface area contributed by atoms with E-state index in [1.54, 1.807) is 0 Å². The molecule has 1 aromatic rings. The van der Waals surface area contributed by atoms with Crippen molar-refractivity contribution in [3.8, 4) is 0 Å². The van der Waals surface area contributed by atoms with Crippen molar-refractivity contribution < 1.29 is 4.79 Å². The van der Waals surface area contributed by atoms with Gasteiger partial charge in [-0.05, 0) is 66.7 Å². The normalized spacial score (nSPS) is 11.9. The number of hydrogen-bond acceptors (Lipinski definition) is 1. The van der Waals surface area contributed by atoms with E-state index < -0.39 is 0 Å². The van der Waals surface area contributed by atoms with Gasteiger partial charge in [-0.1, -0.05) is 30.3 Å². The van der Waals surface area contributed by atoms with Crippen molar-refractivity contribution in [2.75, 3.05) is 0 Å². The highest BCUT2D eigenvalue weighted by Crippen LogP contribution is 2.24. The first-order chi connectivity index (χ1) is 7.11. The van der Waals surface area contributed by atoms with E-state index in [4.69, 9.17) is 0 Å². The van der Waals surface area contributed by atoms with Gasteiger partial charge in [-0.15, -0.1) is 0 Å². The monoisotopic (exact) mass is 491 g/mol. The molecule has 0 unspecified atom stereocenters. The topological polar surface area (TPSA) is 29.1 Å². The van der Waals surface area contributed by atoms with Crippen LogP contribution in [0.3, 0.4) is 0 Å². The number of halogens is 3. The van der Waals surface area contributed by atoms with Gasteiger partial charge >= 0.3 is 0 Å². The Bertz CT molecular complexity index is 374. The van der Waals surface area contributed by atoms with Gasteiger partial charge in [0.2, 0.25) is 0 Å². The molecule has 0 aliphatic rings. The summed E-state index contributed by atoms with van der Waals surface area (Å²) in [6.45, 7) is 0.559. The van der Waals surface area contributed by atoms with Gasteiger partial charge < -0.3 is 5.32 Å². The van der Waals surface area contributed by atoms with E-state index in [9.17, 15) is 4.79 Å². The van der Waals surface area contributed by atoms with Crippen LogP contribution in [0.2, 0.25) is 0 Å². The molecule has 0 radical (unpaired) electrons. The van der Waals surface area contributed by atoms with E-state index in [2.05, 4.69) is 43.8 Å². The summed E-state index contributed by atoms with van der Waals surface area (Å²) < 4.78 is 1.50. The first-order valence-electron chi connectivity index (χ1n) is 4.14. The van der Waals surface area contributed by atoms with Crippen molar-refractivity contribution in [2.45, 2.75) is 6.54 Å². The van der Waals surface area contributed by atoms with Crippen LogP contribution in [-0.2, 0) is 11.3 Å². The summed E-state index contributed by atoms with van der Waals surface area (Å²) in [7, 11) is 0. The molecule has 0 saturated carbocycles. The molecule has 0 bridgehead atoms. The molecule has 80 valence electrons. The first kappa shape index (κ1) is 13.4. The van der Waals surface area contributed by atoms with Crippen LogP contribution in [0.1, 0.15) is 5.56 Å². The minimum atomic E-state index is -0.0549. The van der Waals surface area contributed by atoms with E-state index in [-0.39, 0.29) is 5.91 Å².